The summed E-state index contributed by atoms with van der Waals surface area (Å²) in [5.74, 6) is 0.785. The molecule has 0 aliphatic carbocycles. The van der Waals surface area contributed by atoms with Gasteiger partial charge in [-0.15, -0.1) is 0 Å². The van der Waals surface area contributed by atoms with Gasteiger partial charge in [0.2, 0.25) is 0 Å². The topological polar surface area (TPSA) is 47.7 Å². The maximum atomic E-state index is 5.85. The average Bonchev–Trinajstić information content (AvgIpc) is 2.45. The van der Waals surface area contributed by atoms with Crippen molar-refractivity contribution in [2.24, 2.45) is 0 Å². The fraction of sp³-hybridized carbons (Fsp3) is 0.625. The Balaban J connectivity index is 1.70. The monoisotopic (exact) mass is 278 g/mol. The smallest absolute Gasteiger partial charge is 0.142 e. The van der Waals surface area contributed by atoms with Gasteiger partial charge in [0.25, 0.3) is 0 Å². The summed E-state index contributed by atoms with van der Waals surface area (Å²) >= 11 is 0. The van der Waals surface area contributed by atoms with Crippen molar-refractivity contribution >= 4 is 5.69 Å². The molecular weight excluding hydrogens is 252 g/mol. The van der Waals surface area contributed by atoms with Gasteiger partial charge in [-0.3, -0.25) is 0 Å². The summed E-state index contributed by atoms with van der Waals surface area (Å²) in [7, 11) is 1.81. The first kappa shape index (κ1) is 15.1. The lowest BCUT2D eigenvalue weighted by Gasteiger charge is -2.39. The van der Waals surface area contributed by atoms with E-state index in [1.807, 2.05) is 31.4 Å². The number of hydrogen-bond acceptors (Lipinski definition) is 4. The number of rotatable bonds is 6. The minimum atomic E-state index is 0.0168. The lowest BCUT2D eigenvalue weighted by atomic mass is 9.95. The highest BCUT2D eigenvalue weighted by Crippen LogP contribution is 2.24. The van der Waals surface area contributed by atoms with E-state index in [1.54, 1.807) is 0 Å². The highest BCUT2D eigenvalue weighted by molar-refractivity contribution is 5.51. The van der Waals surface area contributed by atoms with Crippen molar-refractivity contribution in [1.82, 2.24) is 4.90 Å². The second kappa shape index (κ2) is 6.95. The molecule has 1 aromatic carbocycles. The van der Waals surface area contributed by atoms with Crippen molar-refractivity contribution in [3.63, 3.8) is 0 Å². The predicted molar refractivity (Wildman–Crippen MR) is 82.1 cm³/mol. The number of para-hydroxylation sites is 2. The van der Waals surface area contributed by atoms with E-state index < -0.39 is 0 Å². The number of benzene rings is 1. The molecule has 0 radical (unpaired) electrons. The number of methoxy groups -OCH3 is 1. The Morgan fingerprint density at radius 3 is 2.90 bits per heavy atom. The summed E-state index contributed by atoms with van der Waals surface area (Å²) in [4.78, 5) is 2.46. The van der Waals surface area contributed by atoms with Gasteiger partial charge in [-0.25, -0.2) is 0 Å². The van der Waals surface area contributed by atoms with Gasteiger partial charge >= 0.3 is 0 Å². The molecule has 4 nitrogen and oxygen atoms in total. The maximum Gasteiger partial charge on any atom is 0.142 e. The largest absolute Gasteiger partial charge is 0.491 e. The molecule has 1 fully saturated rings. The Kier molecular flexibility index (Phi) is 5.26. The minimum absolute atomic E-state index is 0.0168. The molecular formula is C16H26N2O2. The Bertz CT molecular complexity index is 425. The Labute approximate surface area is 121 Å². The molecule has 0 aromatic heterocycles. The summed E-state index contributed by atoms with van der Waals surface area (Å²) in [6, 6.07) is 7.64. The van der Waals surface area contributed by atoms with E-state index in [4.69, 9.17) is 15.2 Å². The Morgan fingerprint density at radius 2 is 2.15 bits per heavy atom. The number of nitrogen functional groups attached to an aromatic ring is 1. The number of piperidine rings is 1. The molecule has 1 aromatic rings. The summed E-state index contributed by atoms with van der Waals surface area (Å²) in [6.07, 6.45) is 3.36. The summed E-state index contributed by atoms with van der Waals surface area (Å²) in [6.45, 7) is 6.11. The normalized spacial score (nSPS) is 23.7. The van der Waals surface area contributed by atoms with E-state index in [0.29, 0.717) is 12.3 Å². The number of nitrogens with two attached hydrogens (primary N) is 1. The molecule has 20 heavy (non-hydrogen) atoms. The van der Waals surface area contributed by atoms with Crippen LogP contribution in [0.1, 0.15) is 26.2 Å². The van der Waals surface area contributed by atoms with Crippen molar-refractivity contribution in [2.75, 3.05) is 39.1 Å². The molecule has 0 bridgehead atoms. The van der Waals surface area contributed by atoms with Crippen LogP contribution in [0.5, 0.6) is 5.75 Å². The van der Waals surface area contributed by atoms with Crippen LogP contribution in [0, 0.1) is 0 Å². The molecule has 1 aliphatic rings. The third kappa shape index (κ3) is 4.12. The Morgan fingerprint density at radius 1 is 1.35 bits per heavy atom. The second-order valence-corrected chi connectivity index (χ2v) is 5.77. The van der Waals surface area contributed by atoms with E-state index in [9.17, 15) is 0 Å². The molecule has 112 valence electrons. The van der Waals surface area contributed by atoms with Crippen LogP contribution in [-0.2, 0) is 4.74 Å². The number of likely N-dealkylation sites (tertiary alicyclic amines) is 1. The number of hydrogen-bond donors (Lipinski definition) is 1. The molecule has 1 unspecified atom stereocenters. The first-order valence-corrected chi connectivity index (χ1v) is 7.38. The lowest BCUT2D eigenvalue weighted by molar-refractivity contribution is -0.0512. The third-order valence-corrected chi connectivity index (χ3v) is 4.03. The first-order valence-electron chi connectivity index (χ1n) is 7.38. The number of nitrogens with zero attached hydrogens (tertiary/aromatic N) is 1. The maximum absolute atomic E-state index is 5.85. The predicted octanol–water partition coefficient (Wildman–Crippen LogP) is 2.54. The van der Waals surface area contributed by atoms with Crippen molar-refractivity contribution < 1.29 is 9.47 Å². The van der Waals surface area contributed by atoms with Crippen molar-refractivity contribution in [3.8, 4) is 5.75 Å². The third-order valence-electron chi connectivity index (χ3n) is 4.03. The quantitative estimate of drug-likeness (QED) is 0.641. The van der Waals surface area contributed by atoms with E-state index in [1.165, 1.54) is 6.42 Å². The van der Waals surface area contributed by atoms with Crippen molar-refractivity contribution in [3.05, 3.63) is 24.3 Å². The molecule has 1 heterocycles. The SMILES string of the molecule is COC1(C)CCCN(CCCOc2ccccc2N)C1. The minimum Gasteiger partial charge on any atom is -0.491 e. The van der Waals surface area contributed by atoms with Gasteiger partial charge in [0.1, 0.15) is 5.75 Å². The van der Waals surface area contributed by atoms with Gasteiger partial charge in [-0.05, 0) is 44.9 Å². The number of ether oxygens (including phenoxy) is 2. The van der Waals surface area contributed by atoms with E-state index in [2.05, 4.69) is 11.8 Å². The van der Waals surface area contributed by atoms with E-state index in [-0.39, 0.29) is 5.60 Å². The fourth-order valence-electron chi connectivity index (χ4n) is 2.75. The lowest BCUT2D eigenvalue weighted by Crippen LogP contribution is -2.47. The molecule has 1 saturated heterocycles. The average molecular weight is 278 g/mol. The van der Waals surface area contributed by atoms with Gasteiger partial charge < -0.3 is 20.1 Å². The summed E-state index contributed by atoms with van der Waals surface area (Å²) < 4.78 is 11.3. The zero-order valence-electron chi connectivity index (χ0n) is 12.6. The van der Waals surface area contributed by atoms with Crippen molar-refractivity contribution in [2.45, 2.75) is 31.8 Å². The van der Waals surface area contributed by atoms with E-state index in [0.717, 1.165) is 38.2 Å². The molecule has 0 saturated carbocycles. The van der Waals surface area contributed by atoms with Gasteiger partial charge in [0.15, 0.2) is 0 Å². The molecule has 1 aliphatic heterocycles. The fourth-order valence-corrected chi connectivity index (χ4v) is 2.75. The highest BCUT2D eigenvalue weighted by atomic mass is 16.5. The van der Waals surface area contributed by atoms with Crippen LogP contribution in [0.4, 0.5) is 5.69 Å². The second-order valence-electron chi connectivity index (χ2n) is 5.77. The molecule has 1 atom stereocenters. The van der Waals surface area contributed by atoms with Gasteiger partial charge in [-0.1, -0.05) is 12.1 Å². The van der Waals surface area contributed by atoms with Crippen LogP contribution in [0.15, 0.2) is 24.3 Å². The zero-order chi connectivity index (χ0) is 14.4. The standard InChI is InChI=1S/C16H26N2O2/c1-16(19-2)9-5-10-18(13-16)11-6-12-20-15-8-4-3-7-14(15)17/h3-4,7-8H,5-6,9-13,17H2,1-2H3. The van der Waals surface area contributed by atoms with Gasteiger partial charge in [0.05, 0.1) is 17.9 Å². The summed E-state index contributed by atoms with van der Waals surface area (Å²) in [5.41, 5.74) is 6.57. The van der Waals surface area contributed by atoms with E-state index >= 15 is 0 Å². The molecule has 0 spiro atoms. The molecule has 0 amide bonds. The molecule has 2 N–H and O–H groups in total. The highest BCUT2D eigenvalue weighted by Gasteiger charge is 2.30. The summed E-state index contributed by atoms with van der Waals surface area (Å²) in [5, 5.41) is 0. The first-order chi connectivity index (χ1) is 9.63. The van der Waals surface area contributed by atoms with Gasteiger partial charge in [-0.2, -0.15) is 0 Å². The van der Waals surface area contributed by atoms with Crippen LogP contribution < -0.4 is 10.5 Å². The molecule has 4 heteroatoms. The van der Waals surface area contributed by atoms with Gasteiger partial charge in [0, 0.05) is 20.2 Å². The zero-order valence-corrected chi connectivity index (χ0v) is 12.6. The van der Waals surface area contributed by atoms with Crippen LogP contribution in [0.3, 0.4) is 0 Å². The van der Waals surface area contributed by atoms with Crippen LogP contribution in [0.25, 0.3) is 0 Å². The number of anilines is 1. The van der Waals surface area contributed by atoms with Crippen LogP contribution >= 0.6 is 0 Å². The van der Waals surface area contributed by atoms with Crippen molar-refractivity contribution in [1.29, 1.82) is 0 Å². The van der Waals surface area contributed by atoms with Crippen LogP contribution in [-0.4, -0.2) is 43.9 Å². The Hall–Kier alpha value is -1.26. The molecule has 2 rings (SSSR count). The van der Waals surface area contributed by atoms with Crippen LogP contribution in [0.2, 0.25) is 0 Å².